The number of anilines is 2. The lowest BCUT2D eigenvalue weighted by Gasteiger charge is -2.36. The molecule has 1 atom stereocenters. The minimum atomic E-state index is -3.72. The predicted molar refractivity (Wildman–Crippen MR) is 124 cm³/mol. The number of nitrogens with zero attached hydrogens (tertiary/aromatic N) is 4. The van der Waals surface area contributed by atoms with Crippen LogP contribution in [0, 0.1) is 12.7 Å². The Morgan fingerprint density at radius 2 is 1.79 bits per heavy atom. The van der Waals surface area contributed by atoms with Crippen LogP contribution in [0.4, 0.5) is 16.2 Å². The van der Waals surface area contributed by atoms with Crippen molar-refractivity contribution < 1.29 is 12.8 Å². The van der Waals surface area contributed by atoms with Gasteiger partial charge in [-0.05, 0) is 43.3 Å². The van der Waals surface area contributed by atoms with Gasteiger partial charge < -0.3 is 20.9 Å². The number of aryl methyl sites for hydroxylation is 1. The van der Waals surface area contributed by atoms with Gasteiger partial charge in [-0.2, -0.15) is 9.97 Å². The van der Waals surface area contributed by atoms with E-state index in [1.807, 2.05) is 6.92 Å². The Balaban J connectivity index is 1.61. The van der Waals surface area contributed by atoms with Crippen molar-refractivity contribution in [1.82, 2.24) is 25.3 Å². The maximum atomic E-state index is 13.5. The summed E-state index contributed by atoms with van der Waals surface area (Å²) in [4.78, 5) is 18.2. The lowest BCUT2D eigenvalue weighted by molar-refractivity contribution is 0.516. The SMILES string of the molecule is Cc1ccc(S(=O)(=O)C2CNCCN2c2nc(N)nc3nc(-c4ccc(F)cc4)[nH]c23)cc1. The van der Waals surface area contributed by atoms with E-state index in [0.29, 0.717) is 41.5 Å². The highest BCUT2D eigenvalue weighted by molar-refractivity contribution is 7.92. The zero-order valence-corrected chi connectivity index (χ0v) is 18.6. The zero-order chi connectivity index (χ0) is 23.2. The van der Waals surface area contributed by atoms with Gasteiger partial charge in [0.15, 0.2) is 11.5 Å². The van der Waals surface area contributed by atoms with Gasteiger partial charge in [-0.3, -0.25) is 0 Å². The summed E-state index contributed by atoms with van der Waals surface area (Å²) < 4.78 is 40.4. The number of benzene rings is 2. The summed E-state index contributed by atoms with van der Waals surface area (Å²) in [5, 5.41) is 2.26. The molecule has 3 heterocycles. The fourth-order valence-electron chi connectivity index (χ4n) is 3.93. The third-order valence-corrected chi connectivity index (χ3v) is 7.71. The molecule has 1 aliphatic rings. The van der Waals surface area contributed by atoms with E-state index in [1.54, 1.807) is 41.3 Å². The molecule has 0 saturated carbocycles. The fraction of sp³-hybridized carbons (Fsp3) is 0.227. The first-order chi connectivity index (χ1) is 15.8. The number of halogens is 1. The number of nitrogens with two attached hydrogens (primary N) is 1. The molecule has 4 aromatic rings. The van der Waals surface area contributed by atoms with E-state index in [1.165, 1.54) is 12.1 Å². The molecular formula is C22H22FN7O2S. The molecule has 0 bridgehead atoms. The van der Waals surface area contributed by atoms with Gasteiger partial charge in [0.2, 0.25) is 15.8 Å². The summed E-state index contributed by atoms with van der Waals surface area (Å²) in [5.74, 6) is 0.448. The first-order valence-electron chi connectivity index (χ1n) is 10.4. The number of hydrogen-bond acceptors (Lipinski definition) is 8. The van der Waals surface area contributed by atoms with Crippen LogP contribution in [0.5, 0.6) is 0 Å². The lowest BCUT2D eigenvalue weighted by Crippen LogP contribution is -2.55. The van der Waals surface area contributed by atoms with Crippen LogP contribution in [0.25, 0.3) is 22.6 Å². The van der Waals surface area contributed by atoms with E-state index in [2.05, 4.69) is 25.3 Å². The molecule has 2 aromatic heterocycles. The molecule has 0 spiro atoms. The summed E-state index contributed by atoms with van der Waals surface area (Å²) >= 11 is 0. The Bertz CT molecular complexity index is 1420. The largest absolute Gasteiger partial charge is 0.368 e. The van der Waals surface area contributed by atoms with Gasteiger partial charge in [-0.15, -0.1) is 0 Å². The molecule has 11 heteroatoms. The number of hydrogen-bond donors (Lipinski definition) is 3. The number of piperazine rings is 1. The highest BCUT2D eigenvalue weighted by Crippen LogP contribution is 2.31. The molecule has 0 amide bonds. The molecule has 33 heavy (non-hydrogen) atoms. The predicted octanol–water partition coefficient (Wildman–Crippen LogP) is 2.26. The molecule has 1 saturated heterocycles. The maximum Gasteiger partial charge on any atom is 0.224 e. The fourth-order valence-corrected chi connectivity index (χ4v) is 5.64. The Morgan fingerprint density at radius 3 is 2.52 bits per heavy atom. The summed E-state index contributed by atoms with van der Waals surface area (Å²) in [6.45, 7) is 3.10. The van der Waals surface area contributed by atoms with Crippen molar-refractivity contribution in [3.63, 3.8) is 0 Å². The third-order valence-electron chi connectivity index (χ3n) is 5.64. The minimum Gasteiger partial charge on any atom is -0.368 e. The molecular weight excluding hydrogens is 445 g/mol. The smallest absolute Gasteiger partial charge is 0.224 e. The zero-order valence-electron chi connectivity index (χ0n) is 17.8. The van der Waals surface area contributed by atoms with Crippen molar-refractivity contribution >= 4 is 32.8 Å². The summed E-state index contributed by atoms with van der Waals surface area (Å²) in [7, 11) is -3.72. The number of aromatic amines is 1. The van der Waals surface area contributed by atoms with Crippen molar-refractivity contribution in [2.45, 2.75) is 17.2 Å². The molecule has 170 valence electrons. The number of fused-ring (bicyclic) bond motifs is 1. The first kappa shape index (κ1) is 21.3. The van der Waals surface area contributed by atoms with E-state index in [0.717, 1.165) is 5.56 Å². The molecule has 4 N–H and O–H groups in total. The van der Waals surface area contributed by atoms with Crippen molar-refractivity contribution in [3.05, 3.63) is 59.9 Å². The summed E-state index contributed by atoms with van der Waals surface area (Å²) in [6.07, 6.45) is 0. The summed E-state index contributed by atoms with van der Waals surface area (Å²) in [5.41, 5.74) is 8.37. The average molecular weight is 468 g/mol. The molecule has 0 radical (unpaired) electrons. The van der Waals surface area contributed by atoms with Crippen LogP contribution in [0.3, 0.4) is 0 Å². The Morgan fingerprint density at radius 1 is 1.06 bits per heavy atom. The van der Waals surface area contributed by atoms with Crippen LogP contribution in [-0.4, -0.2) is 53.4 Å². The van der Waals surface area contributed by atoms with Gasteiger partial charge in [0, 0.05) is 25.2 Å². The normalized spacial score (nSPS) is 16.9. The van der Waals surface area contributed by atoms with Crippen LogP contribution in [0.15, 0.2) is 53.4 Å². The monoisotopic (exact) mass is 467 g/mol. The number of imidazole rings is 1. The molecule has 1 aliphatic heterocycles. The Labute approximate surface area is 189 Å². The van der Waals surface area contributed by atoms with E-state index in [9.17, 15) is 12.8 Å². The standard InChI is InChI=1S/C22H22FN7O2S/c1-13-2-8-16(9-3-13)33(31,32)17-12-25-10-11-30(17)21-18-20(28-22(24)29-21)27-19(26-18)14-4-6-15(23)7-5-14/h2-9,17,25H,10-12H2,1H3,(H3,24,26,27,28,29). The van der Waals surface area contributed by atoms with Crippen molar-refractivity contribution in [3.8, 4) is 11.4 Å². The number of nitrogens with one attached hydrogen (secondary N) is 2. The molecule has 9 nitrogen and oxygen atoms in total. The molecule has 0 aliphatic carbocycles. The highest BCUT2D eigenvalue weighted by atomic mass is 32.2. The van der Waals surface area contributed by atoms with E-state index < -0.39 is 15.2 Å². The second-order valence-electron chi connectivity index (χ2n) is 7.91. The van der Waals surface area contributed by atoms with Crippen molar-refractivity contribution in [1.29, 1.82) is 0 Å². The molecule has 1 unspecified atom stereocenters. The van der Waals surface area contributed by atoms with Gasteiger partial charge in [0.1, 0.15) is 22.5 Å². The maximum absolute atomic E-state index is 13.5. The second-order valence-corrected chi connectivity index (χ2v) is 10.0. The second kappa shape index (κ2) is 8.09. The summed E-state index contributed by atoms with van der Waals surface area (Å²) in [6, 6.07) is 12.6. The van der Waals surface area contributed by atoms with Crippen molar-refractivity contribution in [2.24, 2.45) is 0 Å². The number of H-pyrrole nitrogens is 1. The quantitative estimate of drug-likeness (QED) is 0.417. The van der Waals surface area contributed by atoms with Crippen LogP contribution >= 0.6 is 0 Å². The molecule has 2 aromatic carbocycles. The number of sulfone groups is 1. The van der Waals surface area contributed by atoms with E-state index >= 15 is 0 Å². The molecule has 1 fully saturated rings. The lowest BCUT2D eigenvalue weighted by atomic mass is 10.2. The van der Waals surface area contributed by atoms with Gasteiger partial charge >= 0.3 is 0 Å². The van der Waals surface area contributed by atoms with Gasteiger partial charge in [-0.1, -0.05) is 17.7 Å². The average Bonchev–Trinajstić information content (AvgIpc) is 3.23. The topological polar surface area (TPSA) is 130 Å². The first-order valence-corrected chi connectivity index (χ1v) is 11.9. The third kappa shape index (κ3) is 3.89. The van der Waals surface area contributed by atoms with E-state index in [4.69, 9.17) is 5.73 Å². The van der Waals surface area contributed by atoms with Gasteiger partial charge in [0.05, 0.1) is 4.90 Å². The van der Waals surface area contributed by atoms with Gasteiger partial charge in [0.25, 0.3) is 0 Å². The number of rotatable bonds is 4. The number of nitrogen functional groups attached to an aromatic ring is 1. The molecule has 5 rings (SSSR count). The van der Waals surface area contributed by atoms with Crippen LogP contribution in [0.1, 0.15) is 5.56 Å². The Kier molecular flexibility index (Phi) is 5.22. The van der Waals surface area contributed by atoms with Crippen LogP contribution in [-0.2, 0) is 9.84 Å². The van der Waals surface area contributed by atoms with Crippen molar-refractivity contribution in [2.75, 3.05) is 30.3 Å². The van der Waals surface area contributed by atoms with Gasteiger partial charge in [-0.25, -0.2) is 17.8 Å². The minimum absolute atomic E-state index is 0.0142. The van der Waals surface area contributed by atoms with Crippen LogP contribution < -0.4 is 16.0 Å². The van der Waals surface area contributed by atoms with Crippen LogP contribution in [0.2, 0.25) is 0 Å². The van der Waals surface area contributed by atoms with E-state index in [-0.39, 0.29) is 23.2 Å². The number of aromatic nitrogens is 4. The Hall–Kier alpha value is -3.57. The highest BCUT2D eigenvalue weighted by Gasteiger charge is 2.37.